The monoisotopic (exact) mass is 489 g/mol. The molecule has 0 aliphatic carbocycles. The minimum absolute atomic E-state index is 0.0516. The van der Waals surface area contributed by atoms with Gasteiger partial charge in [-0.2, -0.15) is 0 Å². The highest BCUT2D eigenvalue weighted by Crippen LogP contribution is 2.32. The summed E-state index contributed by atoms with van der Waals surface area (Å²) in [4.78, 5) is 16.0. The van der Waals surface area contributed by atoms with Gasteiger partial charge in [-0.15, -0.1) is 0 Å². The normalized spacial score (nSPS) is 14.4. The minimum Gasteiger partial charge on any atom is -0.320 e. The number of hydrogen-bond donors (Lipinski definition) is 1. The second-order valence-electron chi connectivity index (χ2n) is 8.03. The molecule has 6 nitrogen and oxygen atoms in total. The number of benzene rings is 3. The Morgan fingerprint density at radius 1 is 0.912 bits per heavy atom. The molecule has 0 radical (unpaired) electrons. The Hall–Kier alpha value is -3.53. The smallest absolute Gasteiger partial charge is 0.320 e. The lowest BCUT2D eigenvalue weighted by atomic mass is 10.1. The second-order valence-corrected chi connectivity index (χ2v) is 9.71. The van der Waals surface area contributed by atoms with Gasteiger partial charge in [0.05, 0.1) is 22.8 Å². The topological polar surface area (TPSA) is 69.7 Å². The van der Waals surface area contributed by atoms with Gasteiger partial charge in [0.25, 0.3) is 10.0 Å². The van der Waals surface area contributed by atoms with E-state index in [1.807, 2.05) is 0 Å². The Kier molecular flexibility index (Phi) is 6.52. The molecule has 1 saturated heterocycles. The third kappa shape index (κ3) is 5.01. The van der Waals surface area contributed by atoms with Crippen LogP contribution in [0.15, 0.2) is 65.6 Å². The molecule has 0 unspecified atom stereocenters. The van der Waals surface area contributed by atoms with Crippen LogP contribution in [0.3, 0.4) is 0 Å². The summed E-state index contributed by atoms with van der Waals surface area (Å²) in [6.45, 7) is 2.43. The fourth-order valence-electron chi connectivity index (χ4n) is 3.79. The zero-order chi connectivity index (χ0) is 24.5. The van der Waals surface area contributed by atoms with E-state index in [2.05, 4.69) is 4.72 Å². The summed E-state index contributed by atoms with van der Waals surface area (Å²) in [5.74, 6) is -2.01. The lowest BCUT2D eigenvalue weighted by Gasteiger charge is -2.36. The Bertz CT molecular complexity index is 1330. The van der Waals surface area contributed by atoms with Crippen LogP contribution in [0.1, 0.15) is 17.5 Å². The number of nitrogens with zero attached hydrogens (tertiary/aromatic N) is 2. The van der Waals surface area contributed by atoms with Gasteiger partial charge in [-0.05, 0) is 61.4 Å². The molecule has 4 rings (SSSR count). The molecule has 10 heteroatoms. The SMILES string of the molecule is Cc1ccc(N2CCCN(Cc3ccc(F)cc3F)C2=O)c(NS(=O)(=O)c2ccc(F)cc2)c1. The molecule has 0 aromatic heterocycles. The number of hydrogen-bond acceptors (Lipinski definition) is 3. The summed E-state index contributed by atoms with van der Waals surface area (Å²) in [7, 11) is -4.05. The fourth-order valence-corrected chi connectivity index (χ4v) is 4.86. The van der Waals surface area contributed by atoms with Gasteiger partial charge in [0.15, 0.2) is 0 Å². The third-order valence-electron chi connectivity index (χ3n) is 5.50. The van der Waals surface area contributed by atoms with Crippen molar-refractivity contribution in [2.75, 3.05) is 22.7 Å². The van der Waals surface area contributed by atoms with Gasteiger partial charge in [-0.25, -0.2) is 26.4 Å². The lowest BCUT2D eigenvalue weighted by molar-refractivity contribution is 0.192. The van der Waals surface area contributed by atoms with E-state index in [1.54, 1.807) is 25.1 Å². The number of amides is 2. The molecule has 178 valence electrons. The number of halogens is 3. The Morgan fingerprint density at radius 2 is 1.62 bits per heavy atom. The second kappa shape index (κ2) is 9.38. The van der Waals surface area contributed by atoms with E-state index in [4.69, 9.17) is 0 Å². The summed E-state index contributed by atoms with van der Waals surface area (Å²) in [5.41, 5.74) is 1.46. The van der Waals surface area contributed by atoms with Crippen molar-refractivity contribution in [2.24, 2.45) is 0 Å². The quantitative estimate of drug-likeness (QED) is 0.527. The largest absolute Gasteiger partial charge is 0.324 e. The predicted octanol–water partition coefficient (Wildman–Crippen LogP) is 5.05. The molecule has 3 aromatic rings. The molecule has 0 spiro atoms. The first kappa shape index (κ1) is 23.6. The number of carbonyl (C=O) groups excluding carboxylic acids is 1. The number of rotatable bonds is 6. The zero-order valence-electron chi connectivity index (χ0n) is 18.3. The molecule has 34 heavy (non-hydrogen) atoms. The van der Waals surface area contributed by atoms with Gasteiger partial charge in [-0.3, -0.25) is 9.62 Å². The molecule has 2 amide bonds. The minimum atomic E-state index is -4.05. The van der Waals surface area contributed by atoms with E-state index in [0.29, 0.717) is 25.2 Å². The molecule has 1 N–H and O–H groups in total. The molecule has 1 heterocycles. The maximum atomic E-state index is 14.1. The van der Waals surface area contributed by atoms with Gasteiger partial charge in [0.1, 0.15) is 17.5 Å². The van der Waals surface area contributed by atoms with Gasteiger partial charge in [0.2, 0.25) is 0 Å². The van der Waals surface area contributed by atoms with Crippen LogP contribution in [0, 0.1) is 24.4 Å². The summed E-state index contributed by atoms with van der Waals surface area (Å²) in [5, 5.41) is 0. The number of aryl methyl sites for hydroxylation is 1. The van der Waals surface area contributed by atoms with Crippen LogP contribution in [0.4, 0.5) is 29.3 Å². The van der Waals surface area contributed by atoms with Crippen molar-refractivity contribution < 1.29 is 26.4 Å². The van der Waals surface area contributed by atoms with Crippen molar-refractivity contribution in [3.05, 3.63) is 89.2 Å². The molecule has 0 saturated carbocycles. The van der Waals surface area contributed by atoms with Crippen molar-refractivity contribution in [3.63, 3.8) is 0 Å². The Balaban J connectivity index is 1.62. The van der Waals surface area contributed by atoms with E-state index >= 15 is 0 Å². The van der Waals surface area contributed by atoms with Crippen LogP contribution >= 0.6 is 0 Å². The van der Waals surface area contributed by atoms with Crippen LogP contribution < -0.4 is 9.62 Å². The third-order valence-corrected chi connectivity index (χ3v) is 6.88. The zero-order valence-corrected chi connectivity index (χ0v) is 19.1. The van der Waals surface area contributed by atoms with Gasteiger partial charge >= 0.3 is 6.03 Å². The highest BCUT2D eigenvalue weighted by molar-refractivity contribution is 7.92. The van der Waals surface area contributed by atoms with Crippen LogP contribution in [0.2, 0.25) is 0 Å². The number of nitrogens with one attached hydrogen (secondary N) is 1. The van der Waals surface area contributed by atoms with Crippen molar-refractivity contribution in [2.45, 2.75) is 24.8 Å². The van der Waals surface area contributed by atoms with Crippen LogP contribution in [0.25, 0.3) is 0 Å². The van der Waals surface area contributed by atoms with E-state index in [1.165, 1.54) is 15.9 Å². The van der Waals surface area contributed by atoms with E-state index in [9.17, 15) is 26.4 Å². The summed E-state index contributed by atoms with van der Waals surface area (Å²) < 4.78 is 68.9. The highest BCUT2D eigenvalue weighted by atomic mass is 32.2. The van der Waals surface area contributed by atoms with Crippen LogP contribution in [0.5, 0.6) is 0 Å². The molecule has 1 fully saturated rings. The fraction of sp³-hybridized carbons (Fsp3) is 0.208. The van der Waals surface area contributed by atoms with E-state index < -0.39 is 33.5 Å². The first-order valence-electron chi connectivity index (χ1n) is 10.5. The molecule has 0 atom stereocenters. The highest BCUT2D eigenvalue weighted by Gasteiger charge is 2.30. The number of sulfonamides is 1. The average Bonchev–Trinajstić information content (AvgIpc) is 2.77. The summed E-state index contributed by atoms with van der Waals surface area (Å²) >= 11 is 0. The molecule has 1 aliphatic heterocycles. The standard InChI is InChI=1S/C24H22F3N3O3S/c1-16-3-10-23(22(13-16)28-34(32,33)20-8-6-18(25)7-9-20)30-12-2-11-29(24(30)31)15-17-4-5-19(26)14-21(17)27/h3-10,13-14,28H,2,11-12,15H2,1H3. The Morgan fingerprint density at radius 3 is 2.32 bits per heavy atom. The molecule has 3 aromatic carbocycles. The molecular formula is C24H22F3N3O3S. The molecule has 0 bridgehead atoms. The first-order chi connectivity index (χ1) is 16.1. The summed E-state index contributed by atoms with van der Waals surface area (Å²) in [6.07, 6.45) is 0.562. The maximum absolute atomic E-state index is 14.1. The number of carbonyl (C=O) groups is 1. The predicted molar refractivity (Wildman–Crippen MR) is 123 cm³/mol. The van der Waals surface area contributed by atoms with E-state index in [-0.39, 0.29) is 22.7 Å². The van der Waals surface area contributed by atoms with Gasteiger partial charge < -0.3 is 4.90 Å². The maximum Gasteiger partial charge on any atom is 0.324 e. The number of urea groups is 1. The van der Waals surface area contributed by atoms with Crippen molar-refractivity contribution in [3.8, 4) is 0 Å². The average molecular weight is 490 g/mol. The van der Waals surface area contributed by atoms with Crippen LogP contribution in [-0.4, -0.2) is 32.4 Å². The molecule has 1 aliphatic rings. The van der Waals surface area contributed by atoms with Gasteiger partial charge in [0, 0.05) is 24.7 Å². The van der Waals surface area contributed by atoms with Crippen molar-refractivity contribution in [1.29, 1.82) is 0 Å². The summed E-state index contributed by atoms with van der Waals surface area (Å²) in [6, 6.07) is 12.1. The lowest BCUT2D eigenvalue weighted by Crippen LogP contribution is -2.49. The molecular weight excluding hydrogens is 467 g/mol. The van der Waals surface area contributed by atoms with Gasteiger partial charge in [-0.1, -0.05) is 12.1 Å². The van der Waals surface area contributed by atoms with E-state index in [0.717, 1.165) is 42.0 Å². The van der Waals surface area contributed by atoms with Crippen molar-refractivity contribution in [1.82, 2.24) is 4.90 Å². The Labute approximate surface area is 195 Å². The van der Waals surface area contributed by atoms with Crippen molar-refractivity contribution >= 4 is 27.4 Å². The van der Waals surface area contributed by atoms with Crippen LogP contribution in [-0.2, 0) is 16.6 Å². The number of anilines is 2. The first-order valence-corrected chi connectivity index (χ1v) is 12.0.